The lowest BCUT2D eigenvalue weighted by Crippen LogP contribution is -2.40. The van der Waals surface area contributed by atoms with Crippen LogP contribution >= 0.6 is 0 Å². The molecule has 0 spiro atoms. The van der Waals surface area contributed by atoms with Crippen LogP contribution in [0.4, 0.5) is 0 Å². The van der Waals surface area contributed by atoms with E-state index in [1.807, 2.05) is 0 Å². The van der Waals surface area contributed by atoms with Gasteiger partial charge < -0.3 is 20.9 Å². The maximum Gasteiger partial charge on any atom is 0.250 e. The highest BCUT2D eigenvalue weighted by atomic mass is 16.5. The molecule has 4 N–H and O–H groups in total. The van der Waals surface area contributed by atoms with E-state index in [-0.39, 0.29) is 24.7 Å². The Kier molecular flexibility index (Phi) is 4.75. The Morgan fingerprint density at radius 3 is 2.81 bits per heavy atom. The molecule has 0 bridgehead atoms. The Morgan fingerprint density at radius 1 is 1.56 bits per heavy atom. The molecule has 1 atom stereocenters. The van der Waals surface area contributed by atoms with Gasteiger partial charge in [-0.1, -0.05) is 18.2 Å². The van der Waals surface area contributed by atoms with Gasteiger partial charge >= 0.3 is 0 Å². The molecule has 0 saturated carbocycles. The van der Waals surface area contributed by atoms with E-state index in [2.05, 4.69) is 5.32 Å². The number of aromatic hydroxyl groups is 1. The molecule has 0 fully saturated rings. The minimum absolute atomic E-state index is 0.128. The zero-order chi connectivity index (χ0) is 12.0. The van der Waals surface area contributed by atoms with Crippen LogP contribution in [-0.4, -0.2) is 30.8 Å². The van der Waals surface area contributed by atoms with Crippen LogP contribution in [0.15, 0.2) is 24.3 Å². The summed E-state index contributed by atoms with van der Waals surface area (Å²) in [5, 5.41) is 12.1. The largest absolute Gasteiger partial charge is 0.508 e. The van der Waals surface area contributed by atoms with Crippen LogP contribution in [0.2, 0.25) is 0 Å². The summed E-state index contributed by atoms with van der Waals surface area (Å²) in [6, 6.07) is 6.81. The van der Waals surface area contributed by atoms with Crippen molar-refractivity contribution < 1.29 is 14.6 Å². The first-order valence-electron chi connectivity index (χ1n) is 4.96. The number of methoxy groups -OCH3 is 1. The Balaban J connectivity index is 2.52. The molecule has 0 aliphatic carbocycles. The van der Waals surface area contributed by atoms with E-state index >= 15 is 0 Å². The van der Waals surface area contributed by atoms with Gasteiger partial charge in [-0.3, -0.25) is 4.79 Å². The SMILES string of the molecule is COC(CN)C(=O)NCc1ccccc1O. The monoisotopic (exact) mass is 224 g/mol. The highest BCUT2D eigenvalue weighted by Gasteiger charge is 2.15. The second-order valence-electron chi connectivity index (χ2n) is 3.31. The standard InChI is InChI=1S/C11H16N2O3/c1-16-10(6-12)11(15)13-7-8-4-2-3-5-9(8)14/h2-5,10,14H,6-7,12H2,1H3,(H,13,15). The second-order valence-corrected chi connectivity index (χ2v) is 3.31. The Bertz CT molecular complexity index is 351. The third-order valence-electron chi connectivity index (χ3n) is 2.24. The molecule has 0 aromatic heterocycles. The number of carbonyl (C=O) groups excluding carboxylic acids is 1. The van der Waals surface area contributed by atoms with Crippen LogP contribution in [0, 0.1) is 0 Å². The van der Waals surface area contributed by atoms with Gasteiger partial charge in [-0.25, -0.2) is 0 Å². The molecule has 0 saturated heterocycles. The zero-order valence-electron chi connectivity index (χ0n) is 9.14. The first-order valence-corrected chi connectivity index (χ1v) is 4.96. The van der Waals surface area contributed by atoms with Crippen molar-refractivity contribution in [3.8, 4) is 5.75 Å². The van der Waals surface area contributed by atoms with Crippen LogP contribution in [-0.2, 0) is 16.1 Å². The fourth-order valence-corrected chi connectivity index (χ4v) is 1.27. The fourth-order valence-electron chi connectivity index (χ4n) is 1.27. The average molecular weight is 224 g/mol. The molecule has 1 rings (SSSR count). The number of rotatable bonds is 5. The number of nitrogens with one attached hydrogen (secondary N) is 1. The van der Waals surface area contributed by atoms with Crippen molar-refractivity contribution in [3.63, 3.8) is 0 Å². The zero-order valence-corrected chi connectivity index (χ0v) is 9.14. The van der Waals surface area contributed by atoms with Gasteiger partial charge in [0.1, 0.15) is 11.9 Å². The minimum atomic E-state index is -0.647. The Hall–Kier alpha value is -1.59. The van der Waals surface area contributed by atoms with Crippen LogP contribution in [0.25, 0.3) is 0 Å². The van der Waals surface area contributed by atoms with Crippen LogP contribution < -0.4 is 11.1 Å². The van der Waals surface area contributed by atoms with Crippen LogP contribution in [0.5, 0.6) is 5.75 Å². The summed E-state index contributed by atoms with van der Waals surface area (Å²) in [4.78, 5) is 11.5. The van der Waals surface area contributed by atoms with Gasteiger partial charge in [-0.2, -0.15) is 0 Å². The average Bonchev–Trinajstić information content (AvgIpc) is 2.29. The molecule has 5 nitrogen and oxygen atoms in total. The number of benzene rings is 1. The highest BCUT2D eigenvalue weighted by Crippen LogP contribution is 2.14. The lowest BCUT2D eigenvalue weighted by molar-refractivity contribution is -0.130. The predicted octanol–water partition coefficient (Wildman–Crippen LogP) is -0.0179. The van der Waals surface area contributed by atoms with Crippen molar-refractivity contribution in [1.82, 2.24) is 5.32 Å². The van der Waals surface area contributed by atoms with E-state index in [1.54, 1.807) is 24.3 Å². The number of phenols is 1. The van der Waals surface area contributed by atoms with Gasteiger partial charge in [-0.15, -0.1) is 0 Å². The summed E-state index contributed by atoms with van der Waals surface area (Å²) in [5.41, 5.74) is 6.00. The normalized spacial score (nSPS) is 12.1. The van der Waals surface area contributed by atoms with E-state index < -0.39 is 6.10 Å². The summed E-state index contributed by atoms with van der Waals surface area (Å²) < 4.78 is 4.88. The molecule has 0 aliphatic rings. The topological polar surface area (TPSA) is 84.6 Å². The number of nitrogens with two attached hydrogens (primary N) is 1. The quantitative estimate of drug-likeness (QED) is 0.656. The van der Waals surface area contributed by atoms with Crippen molar-refractivity contribution in [1.29, 1.82) is 0 Å². The summed E-state index contributed by atoms with van der Waals surface area (Å²) in [6.07, 6.45) is -0.647. The number of ether oxygens (including phenoxy) is 1. The number of hydrogen-bond acceptors (Lipinski definition) is 4. The van der Waals surface area contributed by atoms with Crippen molar-refractivity contribution in [2.24, 2.45) is 5.73 Å². The van der Waals surface area contributed by atoms with Crippen molar-refractivity contribution in [3.05, 3.63) is 29.8 Å². The van der Waals surface area contributed by atoms with Crippen molar-refractivity contribution in [2.75, 3.05) is 13.7 Å². The summed E-state index contributed by atoms with van der Waals surface area (Å²) in [7, 11) is 1.43. The third kappa shape index (κ3) is 3.22. The van der Waals surface area contributed by atoms with Gasteiger partial charge in [-0.05, 0) is 6.07 Å². The molecule has 1 aromatic carbocycles. The lowest BCUT2D eigenvalue weighted by atomic mass is 10.2. The molecular formula is C11H16N2O3. The van der Waals surface area contributed by atoms with E-state index in [0.717, 1.165) is 0 Å². The number of phenolic OH excluding ortho intramolecular Hbond substituents is 1. The van der Waals surface area contributed by atoms with Gasteiger partial charge in [0.2, 0.25) is 0 Å². The minimum Gasteiger partial charge on any atom is -0.508 e. The number of carbonyl (C=O) groups is 1. The summed E-state index contributed by atoms with van der Waals surface area (Å²) >= 11 is 0. The first kappa shape index (κ1) is 12.5. The van der Waals surface area contributed by atoms with Gasteiger partial charge in [0.15, 0.2) is 0 Å². The molecule has 88 valence electrons. The van der Waals surface area contributed by atoms with Gasteiger partial charge in [0.05, 0.1) is 0 Å². The molecule has 16 heavy (non-hydrogen) atoms. The molecule has 1 unspecified atom stereocenters. The molecule has 0 heterocycles. The number of hydrogen-bond donors (Lipinski definition) is 3. The lowest BCUT2D eigenvalue weighted by Gasteiger charge is -2.13. The third-order valence-corrected chi connectivity index (χ3v) is 2.24. The number of amides is 1. The van der Waals surface area contributed by atoms with E-state index in [4.69, 9.17) is 10.5 Å². The van der Waals surface area contributed by atoms with E-state index in [1.165, 1.54) is 7.11 Å². The Morgan fingerprint density at radius 2 is 2.25 bits per heavy atom. The molecule has 0 aliphatic heterocycles. The summed E-state index contributed by atoms with van der Waals surface area (Å²) in [5.74, 6) is -0.127. The van der Waals surface area contributed by atoms with Crippen LogP contribution in [0.1, 0.15) is 5.56 Å². The predicted molar refractivity (Wildman–Crippen MR) is 59.8 cm³/mol. The maximum atomic E-state index is 11.5. The molecule has 1 amide bonds. The van der Waals surface area contributed by atoms with Crippen molar-refractivity contribution >= 4 is 5.91 Å². The van der Waals surface area contributed by atoms with Crippen LogP contribution in [0.3, 0.4) is 0 Å². The fraction of sp³-hybridized carbons (Fsp3) is 0.364. The molecule has 5 heteroatoms. The Labute approximate surface area is 94.2 Å². The number of para-hydroxylation sites is 1. The van der Waals surface area contributed by atoms with Gasteiger partial charge in [0.25, 0.3) is 5.91 Å². The summed E-state index contributed by atoms with van der Waals surface area (Å²) in [6.45, 7) is 0.383. The van der Waals surface area contributed by atoms with Gasteiger partial charge in [0, 0.05) is 25.8 Å². The first-order chi connectivity index (χ1) is 7.69. The smallest absolute Gasteiger partial charge is 0.250 e. The van der Waals surface area contributed by atoms with Crippen molar-refractivity contribution in [2.45, 2.75) is 12.6 Å². The highest BCUT2D eigenvalue weighted by molar-refractivity contribution is 5.81. The second kappa shape index (κ2) is 6.09. The van der Waals surface area contributed by atoms with E-state index in [0.29, 0.717) is 5.56 Å². The molecule has 0 radical (unpaired) electrons. The maximum absolute atomic E-state index is 11.5. The molecular weight excluding hydrogens is 208 g/mol. The van der Waals surface area contributed by atoms with E-state index in [9.17, 15) is 9.90 Å². The molecule has 1 aromatic rings.